The van der Waals surface area contributed by atoms with E-state index in [9.17, 15) is 4.79 Å². The fraction of sp³-hybridized carbons (Fsp3) is 0.500. The number of nitrogens with zero attached hydrogens (tertiary/aromatic N) is 1. The van der Waals surface area contributed by atoms with Gasteiger partial charge < -0.3 is 4.74 Å². The Hall–Kier alpha value is -1.42. The molecule has 4 heteroatoms. The number of aromatic nitrogens is 1. The van der Waals surface area contributed by atoms with Crippen molar-refractivity contribution in [3.05, 3.63) is 28.8 Å². The van der Waals surface area contributed by atoms with Gasteiger partial charge in [0, 0.05) is 0 Å². The Morgan fingerprint density at radius 2 is 2.00 bits per heavy atom. The standard InChI is InChI=1S/C16H21NO2S/c1-5-16(6-2,15(18)19-7-3)14-17-12-9-8-11(4)10-13(12)20-14/h8-10H,5-7H2,1-4H3. The van der Waals surface area contributed by atoms with Gasteiger partial charge in [-0.15, -0.1) is 11.3 Å². The molecule has 108 valence electrons. The first-order valence-corrected chi connectivity index (χ1v) is 7.94. The fourth-order valence-corrected chi connectivity index (χ4v) is 3.82. The van der Waals surface area contributed by atoms with Crippen LogP contribution in [0, 0.1) is 6.92 Å². The summed E-state index contributed by atoms with van der Waals surface area (Å²) in [7, 11) is 0. The first kappa shape index (κ1) is 15.0. The molecule has 0 saturated heterocycles. The Morgan fingerprint density at radius 3 is 2.60 bits per heavy atom. The molecule has 0 fully saturated rings. The van der Waals surface area contributed by atoms with Crippen LogP contribution in [-0.4, -0.2) is 17.6 Å². The highest BCUT2D eigenvalue weighted by molar-refractivity contribution is 7.18. The van der Waals surface area contributed by atoms with Crippen LogP contribution < -0.4 is 0 Å². The van der Waals surface area contributed by atoms with E-state index in [4.69, 9.17) is 4.74 Å². The molecular weight excluding hydrogens is 270 g/mol. The van der Waals surface area contributed by atoms with Gasteiger partial charge in [-0.05, 0) is 44.4 Å². The second-order valence-corrected chi connectivity index (χ2v) is 6.03. The lowest BCUT2D eigenvalue weighted by atomic mass is 9.83. The zero-order valence-electron chi connectivity index (χ0n) is 12.5. The van der Waals surface area contributed by atoms with Crippen LogP contribution >= 0.6 is 11.3 Å². The molecule has 0 radical (unpaired) electrons. The van der Waals surface area contributed by atoms with Gasteiger partial charge in [0.05, 0.1) is 16.8 Å². The summed E-state index contributed by atoms with van der Waals surface area (Å²) in [5, 5.41) is 0.876. The number of fused-ring (bicyclic) bond motifs is 1. The van der Waals surface area contributed by atoms with E-state index in [0.29, 0.717) is 19.4 Å². The minimum Gasteiger partial charge on any atom is -0.465 e. The summed E-state index contributed by atoms with van der Waals surface area (Å²) < 4.78 is 6.43. The molecule has 0 N–H and O–H groups in total. The van der Waals surface area contributed by atoms with Crippen LogP contribution in [-0.2, 0) is 14.9 Å². The van der Waals surface area contributed by atoms with Gasteiger partial charge in [-0.3, -0.25) is 4.79 Å². The average molecular weight is 291 g/mol. The Balaban J connectivity index is 2.53. The quantitative estimate of drug-likeness (QED) is 0.774. The van der Waals surface area contributed by atoms with Crippen LogP contribution in [0.25, 0.3) is 10.2 Å². The van der Waals surface area contributed by atoms with Gasteiger partial charge in [0.15, 0.2) is 0 Å². The number of carbonyl (C=O) groups is 1. The molecule has 1 aromatic heterocycles. The maximum absolute atomic E-state index is 12.4. The number of ether oxygens (including phenoxy) is 1. The van der Waals surface area contributed by atoms with Gasteiger partial charge in [0.25, 0.3) is 0 Å². The van der Waals surface area contributed by atoms with Gasteiger partial charge in [-0.1, -0.05) is 19.9 Å². The Kier molecular flexibility index (Phi) is 4.43. The summed E-state index contributed by atoms with van der Waals surface area (Å²) in [6.45, 7) is 8.37. The van der Waals surface area contributed by atoms with E-state index in [-0.39, 0.29) is 5.97 Å². The van der Waals surface area contributed by atoms with Crippen molar-refractivity contribution in [1.29, 1.82) is 0 Å². The predicted octanol–water partition coefficient (Wildman–Crippen LogP) is 4.23. The second kappa shape index (κ2) is 5.92. The Labute approximate surface area is 124 Å². The Morgan fingerprint density at radius 1 is 1.30 bits per heavy atom. The monoisotopic (exact) mass is 291 g/mol. The highest BCUT2D eigenvalue weighted by Crippen LogP contribution is 2.38. The third-order valence-corrected chi connectivity index (χ3v) is 5.05. The maximum atomic E-state index is 12.4. The SMILES string of the molecule is CCOC(=O)C(CC)(CC)c1nc2ccc(C)cc2s1. The number of carbonyl (C=O) groups excluding carboxylic acids is 1. The predicted molar refractivity (Wildman–Crippen MR) is 83.3 cm³/mol. The molecule has 0 atom stereocenters. The van der Waals surface area contributed by atoms with Crippen LogP contribution in [0.3, 0.4) is 0 Å². The first-order valence-electron chi connectivity index (χ1n) is 7.12. The van der Waals surface area contributed by atoms with Gasteiger partial charge in [0.2, 0.25) is 0 Å². The van der Waals surface area contributed by atoms with E-state index in [1.54, 1.807) is 11.3 Å². The number of esters is 1. The number of benzene rings is 1. The van der Waals surface area contributed by atoms with Crippen molar-refractivity contribution in [3.8, 4) is 0 Å². The molecule has 2 aromatic rings. The summed E-state index contributed by atoms with van der Waals surface area (Å²) in [6, 6.07) is 6.19. The second-order valence-electron chi connectivity index (χ2n) is 5.00. The van der Waals surface area contributed by atoms with Gasteiger partial charge >= 0.3 is 5.97 Å². The van der Waals surface area contributed by atoms with Gasteiger partial charge in [-0.25, -0.2) is 4.98 Å². The first-order chi connectivity index (χ1) is 9.57. The van der Waals surface area contributed by atoms with Crippen LogP contribution in [0.5, 0.6) is 0 Å². The van der Waals surface area contributed by atoms with Crippen LogP contribution in [0.1, 0.15) is 44.2 Å². The van der Waals surface area contributed by atoms with Crippen molar-refractivity contribution in [1.82, 2.24) is 4.98 Å². The summed E-state index contributed by atoms with van der Waals surface area (Å²) >= 11 is 1.61. The lowest BCUT2D eigenvalue weighted by Crippen LogP contribution is -2.36. The zero-order valence-corrected chi connectivity index (χ0v) is 13.3. The molecule has 0 spiro atoms. The highest BCUT2D eigenvalue weighted by Gasteiger charge is 2.41. The number of rotatable bonds is 5. The summed E-state index contributed by atoms with van der Waals surface area (Å²) in [4.78, 5) is 17.1. The molecular formula is C16H21NO2S. The lowest BCUT2D eigenvalue weighted by Gasteiger charge is -2.26. The molecule has 0 amide bonds. The normalized spacial score (nSPS) is 11.8. The Bertz CT molecular complexity index is 614. The van der Waals surface area contributed by atoms with Crippen molar-refractivity contribution in [3.63, 3.8) is 0 Å². The van der Waals surface area contributed by atoms with Crippen molar-refractivity contribution >= 4 is 27.5 Å². The van der Waals surface area contributed by atoms with Crippen LogP contribution in [0.4, 0.5) is 0 Å². The number of hydrogen-bond acceptors (Lipinski definition) is 4. The lowest BCUT2D eigenvalue weighted by molar-refractivity contribution is -0.150. The average Bonchev–Trinajstić information content (AvgIpc) is 2.84. The van der Waals surface area contributed by atoms with E-state index in [1.807, 2.05) is 26.8 Å². The van der Waals surface area contributed by atoms with Gasteiger partial charge in [-0.2, -0.15) is 0 Å². The summed E-state index contributed by atoms with van der Waals surface area (Å²) in [5.41, 5.74) is 1.57. The smallest absolute Gasteiger partial charge is 0.319 e. The topological polar surface area (TPSA) is 39.2 Å². The third kappa shape index (κ3) is 2.44. The van der Waals surface area contributed by atoms with Crippen LogP contribution in [0.15, 0.2) is 18.2 Å². The van der Waals surface area contributed by atoms with Crippen molar-refractivity contribution in [2.75, 3.05) is 6.61 Å². The van der Waals surface area contributed by atoms with E-state index in [1.165, 1.54) is 5.56 Å². The van der Waals surface area contributed by atoms with Crippen molar-refractivity contribution in [2.24, 2.45) is 0 Å². The van der Waals surface area contributed by atoms with E-state index >= 15 is 0 Å². The summed E-state index contributed by atoms with van der Waals surface area (Å²) in [5.74, 6) is -0.152. The number of hydrogen-bond donors (Lipinski definition) is 0. The van der Waals surface area contributed by atoms with Gasteiger partial charge in [0.1, 0.15) is 10.4 Å². The van der Waals surface area contributed by atoms with E-state index < -0.39 is 5.41 Å². The van der Waals surface area contributed by atoms with Crippen molar-refractivity contribution < 1.29 is 9.53 Å². The fourth-order valence-electron chi connectivity index (χ4n) is 2.43. The minimum atomic E-state index is -0.604. The summed E-state index contributed by atoms with van der Waals surface area (Å²) in [6.07, 6.45) is 1.42. The molecule has 1 aromatic carbocycles. The largest absolute Gasteiger partial charge is 0.465 e. The van der Waals surface area contributed by atoms with Crippen molar-refractivity contribution in [2.45, 2.75) is 46.0 Å². The molecule has 0 aliphatic carbocycles. The molecule has 0 aliphatic rings. The van der Waals surface area contributed by atoms with Crippen LogP contribution in [0.2, 0.25) is 0 Å². The minimum absolute atomic E-state index is 0.152. The molecule has 2 rings (SSSR count). The molecule has 3 nitrogen and oxygen atoms in total. The molecule has 0 aliphatic heterocycles. The number of thiazole rings is 1. The zero-order chi connectivity index (χ0) is 14.8. The molecule has 20 heavy (non-hydrogen) atoms. The molecule has 0 saturated carbocycles. The van der Waals surface area contributed by atoms with E-state index in [0.717, 1.165) is 15.2 Å². The molecule has 0 bridgehead atoms. The van der Waals surface area contributed by atoms with E-state index in [2.05, 4.69) is 24.0 Å². The highest BCUT2D eigenvalue weighted by atomic mass is 32.1. The molecule has 0 unspecified atom stereocenters. The maximum Gasteiger partial charge on any atom is 0.319 e. The third-order valence-electron chi connectivity index (χ3n) is 3.83. The molecule has 1 heterocycles. The number of aryl methyl sites for hydroxylation is 1.